The van der Waals surface area contributed by atoms with Gasteiger partial charge in [0.25, 0.3) is 5.91 Å². The van der Waals surface area contributed by atoms with E-state index < -0.39 is 29.3 Å². The summed E-state index contributed by atoms with van der Waals surface area (Å²) in [7, 11) is 1.51. The topological polar surface area (TPSA) is 77.8 Å². The van der Waals surface area contributed by atoms with Gasteiger partial charge in [0, 0.05) is 18.4 Å². The summed E-state index contributed by atoms with van der Waals surface area (Å²) in [6, 6.07) is -0.935. The van der Waals surface area contributed by atoms with Gasteiger partial charge in [0.05, 0.1) is 6.10 Å². The number of nitrogens with zero attached hydrogens (tertiary/aromatic N) is 1. The number of likely N-dealkylation sites (N-methyl/N-ethyl adjacent to an activating group) is 1. The van der Waals surface area contributed by atoms with Crippen LogP contribution in [0, 0.1) is 29.1 Å². The average molecular weight is 388 g/mol. The average Bonchev–Trinajstić information content (AvgIpc) is 2.85. The van der Waals surface area contributed by atoms with Crippen molar-refractivity contribution < 1.29 is 19.8 Å². The Kier molecular flexibility index (Phi) is 5.59. The van der Waals surface area contributed by atoms with Gasteiger partial charge in [-0.15, -0.1) is 0 Å². The zero-order valence-electron chi connectivity index (χ0n) is 17.6. The highest BCUT2D eigenvalue weighted by atomic mass is 16.3. The van der Waals surface area contributed by atoms with Crippen molar-refractivity contribution in [2.24, 2.45) is 29.1 Å². The van der Waals surface area contributed by atoms with Crippen molar-refractivity contribution in [3.63, 3.8) is 0 Å². The molecule has 0 spiro atoms. The SMILES string of the molecule is CC=CC1C=CC2CC(C)CCC2C1(C)C(O)=C1C(=O)C(C(C)O)N(C)C1=O. The Labute approximate surface area is 167 Å². The molecular formula is C23H33NO4. The second-order valence-electron chi connectivity index (χ2n) is 9.10. The Bertz CT molecular complexity index is 750. The summed E-state index contributed by atoms with van der Waals surface area (Å²) < 4.78 is 0. The van der Waals surface area contributed by atoms with Crippen LogP contribution >= 0.6 is 0 Å². The number of carbonyl (C=O) groups is 2. The summed E-state index contributed by atoms with van der Waals surface area (Å²) in [6.45, 7) is 7.69. The van der Waals surface area contributed by atoms with E-state index in [4.69, 9.17) is 0 Å². The largest absolute Gasteiger partial charge is 0.511 e. The van der Waals surface area contributed by atoms with E-state index in [9.17, 15) is 19.8 Å². The highest BCUT2D eigenvalue weighted by Gasteiger charge is 2.54. The van der Waals surface area contributed by atoms with Crippen LogP contribution in [-0.4, -0.2) is 46.0 Å². The molecule has 0 aromatic carbocycles. The molecule has 1 aliphatic heterocycles. The molecule has 5 nitrogen and oxygen atoms in total. The predicted octanol–water partition coefficient (Wildman–Crippen LogP) is 3.41. The van der Waals surface area contributed by atoms with Crippen LogP contribution in [0.1, 0.15) is 47.0 Å². The van der Waals surface area contributed by atoms with E-state index in [1.54, 1.807) is 0 Å². The molecule has 7 unspecified atom stereocenters. The van der Waals surface area contributed by atoms with Crippen LogP contribution in [0.5, 0.6) is 0 Å². The monoisotopic (exact) mass is 387 g/mol. The van der Waals surface area contributed by atoms with E-state index in [2.05, 4.69) is 19.1 Å². The number of ketones is 1. The zero-order chi connectivity index (χ0) is 20.8. The molecule has 1 saturated heterocycles. The molecule has 7 atom stereocenters. The third-order valence-electron chi connectivity index (χ3n) is 7.26. The molecule has 1 amide bonds. The predicted molar refractivity (Wildman–Crippen MR) is 108 cm³/mol. The van der Waals surface area contributed by atoms with E-state index in [-0.39, 0.29) is 23.2 Å². The minimum absolute atomic E-state index is 0.0869. The standard InChI is InChI=1S/C23H33NO4/c1-6-7-16-10-9-15-12-13(2)8-11-17(15)23(16,4)21(27)18-20(26)19(14(3)25)24(5)22(18)28/h6-7,9-10,13-17,19,25,27H,8,11-12H2,1-5H3. The van der Waals surface area contributed by atoms with Crippen molar-refractivity contribution in [2.45, 2.75) is 59.1 Å². The van der Waals surface area contributed by atoms with Crippen LogP contribution in [0.2, 0.25) is 0 Å². The quantitative estimate of drug-likeness (QED) is 0.337. The van der Waals surface area contributed by atoms with Gasteiger partial charge >= 0.3 is 0 Å². The number of aliphatic hydroxyl groups is 2. The van der Waals surface area contributed by atoms with Gasteiger partial charge in [-0.1, -0.05) is 44.6 Å². The van der Waals surface area contributed by atoms with Crippen molar-refractivity contribution in [1.82, 2.24) is 4.90 Å². The lowest BCUT2D eigenvalue weighted by atomic mass is 9.54. The van der Waals surface area contributed by atoms with Crippen LogP contribution in [0.15, 0.2) is 35.6 Å². The second kappa shape index (κ2) is 7.51. The number of hydrogen-bond acceptors (Lipinski definition) is 4. The number of carbonyl (C=O) groups excluding carboxylic acids is 2. The number of rotatable bonds is 3. The number of allylic oxidation sites excluding steroid dienone is 5. The Hall–Kier alpha value is -1.88. The maximum absolute atomic E-state index is 13.0. The molecule has 0 radical (unpaired) electrons. The maximum Gasteiger partial charge on any atom is 0.261 e. The van der Waals surface area contributed by atoms with Crippen molar-refractivity contribution >= 4 is 11.7 Å². The Morgan fingerprint density at radius 3 is 2.57 bits per heavy atom. The summed E-state index contributed by atoms with van der Waals surface area (Å²) in [4.78, 5) is 27.1. The van der Waals surface area contributed by atoms with Crippen LogP contribution < -0.4 is 0 Å². The fraction of sp³-hybridized carbons (Fsp3) is 0.652. The molecule has 154 valence electrons. The first-order valence-corrected chi connectivity index (χ1v) is 10.4. The van der Waals surface area contributed by atoms with E-state index >= 15 is 0 Å². The molecule has 3 aliphatic rings. The van der Waals surface area contributed by atoms with Crippen LogP contribution in [0.4, 0.5) is 0 Å². The lowest BCUT2D eigenvalue weighted by molar-refractivity contribution is -0.128. The van der Waals surface area contributed by atoms with Crippen molar-refractivity contribution in [2.75, 3.05) is 7.05 Å². The van der Waals surface area contributed by atoms with Gasteiger partial charge in [-0.05, 0) is 44.4 Å². The number of amides is 1. The van der Waals surface area contributed by atoms with Gasteiger partial charge in [-0.2, -0.15) is 0 Å². The number of hydrogen-bond donors (Lipinski definition) is 2. The molecule has 28 heavy (non-hydrogen) atoms. The highest BCUT2D eigenvalue weighted by molar-refractivity contribution is 6.27. The number of fused-ring (bicyclic) bond motifs is 1. The zero-order valence-corrected chi connectivity index (χ0v) is 17.6. The van der Waals surface area contributed by atoms with E-state index in [1.807, 2.05) is 26.0 Å². The minimum atomic E-state index is -0.986. The first-order valence-electron chi connectivity index (χ1n) is 10.4. The molecular weight excluding hydrogens is 354 g/mol. The Balaban J connectivity index is 2.14. The third kappa shape index (κ3) is 3.04. The lowest BCUT2D eigenvalue weighted by Crippen LogP contribution is -2.45. The van der Waals surface area contributed by atoms with Gasteiger partial charge in [-0.25, -0.2) is 0 Å². The fourth-order valence-electron chi connectivity index (χ4n) is 5.66. The van der Waals surface area contributed by atoms with Gasteiger partial charge < -0.3 is 15.1 Å². The van der Waals surface area contributed by atoms with Crippen molar-refractivity contribution in [1.29, 1.82) is 0 Å². The summed E-state index contributed by atoms with van der Waals surface area (Å²) in [5, 5.41) is 21.5. The van der Waals surface area contributed by atoms with Gasteiger partial charge in [0.1, 0.15) is 17.4 Å². The first-order chi connectivity index (χ1) is 13.1. The summed E-state index contributed by atoms with van der Waals surface area (Å²) in [6.07, 6.45) is 10.5. The normalized spacial score (nSPS) is 41.5. The van der Waals surface area contributed by atoms with Gasteiger partial charge in [0.2, 0.25) is 0 Å². The summed E-state index contributed by atoms with van der Waals surface area (Å²) in [5.74, 6) is -0.0388. The highest BCUT2D eigenvalue weighted by Crippen LogP contribution is 2.56. The molecule has 2 aliphatic carbocycles. The molecule has 5 heteroatoms. The van der Waals surface area contributed by atoms with Crippen LogP contribution in [-0.2, 0) is 9.59 Å². The smallest absolute Gasteiger partial charge is 0.261 e. The Morgan fingerprint density at radius 2 is 2.00 bits per heavy atom. The molecule has 1 heterocycles. The van der Waals surface area contributed by atoms with Crippen LogP contribution in [0.25, 0.3) is 0 Å². The van der Waals surface area contributed by atoms with Crippen LogP contribution in [0.3, 0.4) is 0 Å². The van der Waals surface area contributed by atoms with Gasteiger partial charge in [0.15, 0.2) is 5.78 Å². The summed E-state index contributed by atoms with van der Waals surface area (Å²) in [5.41, 5.74) is -0.862. The molecule has 2 N–H and O–H groups in total. The molecule has 0 bridgehead atoms. The van der Waals surface area contributed by atoms with E-state index in [0.717, 1.165) is 19.3 Å². The molecule has 0 aromatic heterocycles. The third-order valence-corrected chi connectivity index (χ3v) is 7.26. The minimum Gasteiger partial charge on any atom is -0.511 e. The molecule has 2 fully saturated rings. The maximum atomic E-state index is 13.0. The first kappa shape index (κ1) is 20.8. The lowest BCUT2D eigenvalue weighted by Gasteiger charge is -2.50. The second-order valence-corrected chi connectivity index (χ2v) is 9.10. The van der Waals surface area contributed by atoms with Crippen molar-refractivity contribution in [3.8, 4) is 0 Å². The molecule has 1 saturated carbocycles. The number of likely N-dealkylation sites (tertiary alicyclic amines) is 1. The summed E-state index contributed by atoms with van der Waals surface area (Å²) >= 11 is 0. The van der Waals surface area contributed by atoms with E-state index in [0.29, 0.717) is 11.8 Å². The number of Topliss-reactive ketones (excluding diaryl/α,β-unsaturated/α-hetero) is 1. The molecule has 0 aromatic rings. The number of aliphatic hydroxyl groups excluding tert-OH is 2. The van der Waals surface area contributed by atoms with Crippen molar-refractivity contribution in [3.05, 3.63) is 35.6 Å². The Morgan fingerprint density at radius 1 is 1.32 bits per heavy atom. The molecule has 3 rings (SSSR count). The fourth-order valence-corrected chi connectivity index (χ4v) is 5.66. The van der Waals surface area contributed by atoms with Gasteiger partial charge in [-0.3, -0.25) is 9.59 Å². The van der Waals surface area contributed by atoms with E-state index in [1.165, 1.54) is 18.9 Å².